The molecule has 0 radical (unpaired) electrons. The van der Waals surface area contributed by atoms with Gasteiger partial charge in [-0.15, -0.1) is 0 Å². The second-order valence-corrected chi connectivity index (χ2v) is 7.45. The van der Waals surface area contributed by atoms with Crippen molar-refractivity contribution in [2.75, 3.05) is 10.2 Å². The molecule has 0 spiro atoms. The Labute approximate surface area is 172 Å². The smallest absolute Gasteiger partial charge is 0.255 e. The van der Waals surface area contributed by atoms with Gasteiger partial charge in [0.2, 0.25) is 5.91 Å². The zero-order valence-corrected chi connectivity index (χ0v) is 16.2. The summed E-state index contributed by atoms with van der Waals surface area (Å²) in [5.41, 5.74) is 0.715. The van der Waals surface area contributed by atoms with Crippen LogP contribution in [-0.2, 0) is 15.1 Å². The van der Waals surface area contributed by atoms with Crippen molar-refractivity contribution >= 4 is 46.4 Å². The Morgan fingerprint density at radius 1 is 0.893 bits per heavy atom. The normalized spacial score (nSPS) is 18.5. The molecule has 1 atom stereocenters. The molecule has 2 amide bonds. The lowest BCUT2D eigenvalue weighted by Crippen LogP contribution is -2.67. The molecule has 0 bridgehead atoms. The summed E-state index contributed by atoms with van der Waals surface area (Å²) in [6, 6.07) is 23.1. The van der Waals surface area contributed by atoms with E-state index in [0.717, 1.165) is 5.56 Å². The summed E-state index contributed by atoms with van der Waals surface area (Å²) < 4.78 is 0. The first-order valence-corrected chi connectivity index (χ1v) is 9.47. The zero-order chi connectivity index (χ0) is 19.7. The third-order valence-corrected chi connectivity index (χ3v) is 5.28. The maximum absolute atomic E-state index is 13.5. The van der Waals surface area contributed by atoms with Crippen molar-refractivity contribution in [1.82, 2.24) is 0 Å². The van der Waals surface area contributed by atoms with Gasteiger partial charge in [0.25, 0.3) is 5.91 Å². The van der Waals surface area contributed by atoms with Crippen LogP contribution in [0.5, 0.6) is 0 Å². The zero-order valence-electron chi connectivity index (χ0n) is 14.7. The van der Waals surface area contributed by atoms with Crippen LogP contribution in [0, 0.1) is 0 Å². The number of carbonyl (C=O) groups excluding carboxylic acids is 2. The second-order valence-electron chi connectivity index (χ2n) is 6.58. The molecule has 3 aromatic carbocycles. The van der Waals surface area contributed by atoms with Gasteiger partial charge in [0.1, 0.15) is 0 Å². The third-order valence-electron chi connectivity index (χ3n) is 4.81. The Bertz CT molecular complexity index is 1060. The van der Waals surface area contributed by atoms with Gasteiger partial charge in [0.05, 0.1) is 6.42 Å². The Morgan fingerprint density at radius 3 is 2.21 bits per heavy atom. The fraction of sp³-hybridized carbons (Fsp3) is 0.0909. The molecular weight excluding hydrogens is 395 g/mol. The van der Waals surface area contributed by atoms with Crippen LogP contribution in [0.1, 0.15) is 12.0 Å². The molecule has 1 aliphatic heterocycles. The van der Waals surface area contributed by atoms with Gasteiger partial charge in [-0.2, -0.15) is 0 Å². The lowest BCUT2D eigenvalue weighted by atomic mass is 9.76. The van der Waals surface area contributed by atoms with Crippen molar-refractivity contribution in [3.05, 3.63) is 94.5 Å². The third kappa shape index (κ3) is 3.15. The highest BCUT2D eigenvalue weighted by atomic mass is 35.5. The van der Waals surface area contributed by atoms with E-state index in [2.05, 4.69) is 5.32 Å². The van der Waals surface area contributed by atoms with Crippen LogP contribution in [0.3, 0.4) is 0 Å². The van der Waals surface area contributed by atoms with Gasteiger partial charge < -0.3 is 5.32 Å². The minimum Gasteiger partial charge on any atom is -0.324 e. The molecule has 28 heavy (non-hydrogen) atoms. The summed E-state index contributed by atoms with van der Waals surface area (Å²) in [7, 11) is 0. The Balaban J connectivity index is 1.79. The van der Waals surface area contributed by atoms with Crippen LogP contribution in [0.25, 0.3) is 0 Å². The molecule has 1 N–H and O–H groups in total. The van der Waals surface area contributed by atoms with Crippen LogP contribution < -0.4 is 10.2 Å². The van der Waals surface area contributed by atoms with E-state index < -0.39 is 5.54 Å². The summed E-state index contributed by atoms with van der Waals surface area (Å²) in [6.07, 6.45) is 0.0654. The topological polar surface area (TPSA) is 49.4 Å². The predicted octanol–water partition coefficient (Wildman–Crippen LogP) is 5.26. The molecule has 140 valence electrons. The van der Waals surface area contributed by atoms with E-state index in [1.54, 1.807) is 48.5 Å². The molecule has 0 aromatic heterocycles. The first-order chi connectivity index (χ1) is 13.5. The van der Waals surface area contributed by atoms with E-state index in [1.807, 2.05) is 30.3 Å². The van der Waals surface area contributed by atoms with E-state index in [0.29, 0.717) is 21.4 Å². The van der Waals surface area contributed by atoms with Gasteiger partial charge in [0, 0.05) is 21.4 Å². The summed E-state index contributed by atoms with van der Waals surface area (Å²) >= 11 is 12.2. The Morgan fingerprint density at radius 2 is 1.57 bits per heavy atom. The summed E-state index contributed by atoms with van der Waals surface area (Å²) in [5, 5.41) is 3.92. The standard InChI is InChI=1S/C22H16Cl2N2O2/c23-16-8-4-10-18(12-16)25-21(28)22(15-6-2-1-3-7-15)14-20(27)26(22)19-11-5-9-17(24)13-19/h1-13H,14H2,(H,25,28). The summed E-state index contributed by atoms with van der Waals surface area (Å²) in [6.45, 7) is 0. The SMILES string of the molecule is O=C1CC(C(=O)Nc2cccc(Cl)c2)(c2ccccc2)N1c1cccc(Cl)c1. The molecule has 1 unspecified atom stereocenters. The number of hydrogen-bond acceptors (Lipinski definition) is 2. The molecule has 4 rings (SSSR count). The van der Waals surface area contributed by atoms with E-state index >= 15 is 0 Å². The van der Waals surface area contributed by atoms with Crippen LogP contribution >= 0.6 is 23.2 Å². The molecule has 1 aliphatic rings. The predicted molar refractivity (Wildman–Crippen MR) is 112 cm³/mol. The minimum atomic E-state index is -1.16. The number of rotatable bonds is 4. The van der Waals surface area contributed by atoms with Crippen LogP contribution in [0.2, 0.25) is 10.0 Å². The number of hydrogen-bond donors (Lipinski definition) is 1. The largest absolute Gasteiger partial charge is 0.324 e. The van der Waals surface area contributed by atoms with E-state index in [4.69, 9.17) is 23.2 Å². The van der Waals surface area contributed by atoms with Crippen LogP contribution in [-0.4, -0.2) is 11.8 Å². The molecule has 0 saturated carbocycles. The molecule has 1 fully saturated rings. The molecule has 6 heteroatoms. The number of amides is 2. The average Bonchev–Trinajstić information content (AvgIpc) is 2.66. The fourth-order valence-corrected chi connectivity index (χ4v) is 3.91. The Hall–Kier alpha value is -2.82. The van der Waals surface area contributed by atoms with Crippen molar-refractivity contribution < 1.29 is 9.59 Å². The number of β-lactam (4-membered cyclic amide) rings is 1. The van der Waals surface area contributed by atoms with Gasteiger partial charge in [-0.1, -0.05) is 65.7 Å². The lowest BCUT2D eigenvalue weighted by molar-refractivity contribution is -0.137. The van der Waals surface area contributed by atoms with Gasteiger partial charge in [-0.25, -0.2) is 0 Å². The minimum absolute atomic E-state index is 0.0654. The van der Waals surface area contributed by atoms with Crippen molar-refractivity contribution in [2.24, 2.45) is 0 Å². The van der Waals surface area contributed by atoms with Gasteiger partial charge >= 0.3 is 0 Å². The maximum atomic E-state index is 13.5. The monoisotopic (exact) mass is 410 g/mol. The van der Waals surface area contributed by atoms with Gasteiger partial charge in [-0.3, -0.25) is 14.5 Å². The quantitative estimate of drug-likeness (QED) is 0.595. The highest BCUT2D eigenvalue weighted by Gasteiger charge is 2.58. The number of nitrogens with one attached hydrogen (secondary N) is 1. The van der Waals surface area contributed by atoms with Crippen molar-refractivity contribution in [3.63, 3.8) is 0 Å². The van der Waals surface area contributed by atoms with Gasteiger partial charge in [0.15, 0.2) is 5.54 Å². The number of anilines is 2. The number of benzene rings is 3. The van der Waals surface area contributed by atoms with Crippen molar-refractivity contribution in [2.45, 2.75) is 12.0 Å². The second kappa shape index (κ2) is 7.30. The van der Waals surface area contributed by atoms with Crippen LogP contribution in [0.4, 0.5) is 11.4 Å². The number of carbonyl (C=O) groups is 2. The van der Waals surface area contributed by atoms with E-state index in [9.17, 15) is 9.59 Å². The number of halogens is 2. The first-order valence-electron chi connectivity index (χ1n) is 8.72. The van der Waals surface area contributed by atoms with Crippen LogP contribution in [0.15, 0.2) is 78.9 Å². The van der Waals surface area contributed by atoms with Crippen molar-refractivity contribution in [3.8, 4) is 0 Å². The average molecular weight is 411 g/mol. The molecule has 3 aromatic rings. The molecule has 1 saturated heterocycles. The lowest BCUT2D eigenvalue weighted by Gasteiger charge is -2.50. The highest BCUT2D eigenvalue weighted by molar-refractivity contribution is 6.31. The molecule has 0 aliphatic carbocycles. The van der Waals surface area contributed by atoms with E-state index in [-0.39, 0.29) is 18.2 Å². The first kappa shape index (κ1) is 18.5. The summed E-state index contributed by atoms with van der Waals surface area (Å²) in [5.74, 6) is -0.451. The summed E-state index contributed by atoms with van der Waals surface area (Å²) in [4.78, 5) is 27.6. The molecular formula is C22H16Cl2N2O2. The highest BCUT2D eigenvalue weighted by Crippen LogP contribution is 2.46. The van der Waals surface area contributed by atoms with Gasteiger partial charge in [-0.05, 0) is 42.0 Å². The fourth-order valence-electron chi connectivity index (χ4n) is 3.54. The molecule has 4 nitrogen and oxygen atoms in total. The van der Waals surface area contributed by atoms with Crippen molar-refractivity contribution in [1.29, 1.82) is 0 Å². The van der Waals surface area contributed by atoms with E-state index in [1.165, 1.54) is 4.90 Å². The maximum Gasteiger partial charge on any atom is 0.255 e. The molecule has 1 heterocycles. The number of nitrogens with zero attached hydrogens (tertiary/aromatic N) is 1. The Kier molecular flexibility index (Phi) is 4.84.